The molecule has 0 fully saturated rings. The molecule has 2 unspecified atom stereocenters. The molecule has 0 radical (unpaired) electrons. The Bertz CT molecular complexity index is 306. The summed E-state index contributed by atoms with van der Waals surface area (Å²) < 4.78 is 37.0. The van der Waals surface area contributed by atoms with Crippen LogP contribution in [0.25, 0.3) is 0 Å². The highest BCUT2D eigenvalue weighted by Gasteiger charge is 2.36. The van der Waals surface area contributed by atoms with E-state index in [0.717, 1.165) is 16.7 Å². The number of aliphatic hydroxyl groups is 2. The van der Waals surface area contributed by atoms with E-state index < -0.39 is 23.9 Å². The van der Waals surface area contributed by atoms with Crippen molar-refractivity contribution < 1.29 is 23.4 Å². The van der Waals surface area contributed by atoms with E-state index in [4.69, 9.17) is 5.11 Å². The maximum Gasteiger partial charge on any atom is 0.417 e. The van der Waals surface area contributed by atoms with Gasteiger partial charge in [0.25, 0.3) is 0 Å². The van der Waals surface area contributed by atoms with Gasteiger partial charge in [0.1, 0.15) is 6.10 Å². The molecule has 0 amide bonds. The lowest BCUT2D eigenvalue weighted by molar-refractivity contribution is -0.139. The molecule has 0 aliphatic carbocycles. The normalized spacial score (nSPS) is 16.7. The summed E-state index contributed by atoms with van der Waals surface area (Å²) in [6, 6.07) is 0. The van der Waals surface area contributed by atoms with Crippen LogP contribution in [-0.2, 0) is 6.18 Å². The Balaban J connectivity index is 3.05. The summed E-state index contributed by atoms with van der Waals surface area (Å²) >= 11 is 0.848. The Morgan fingerprint density at radius 3 is 2.29 bits per heavy atom. The van der Waals surface area contributed by atoms with Gasteiger partial charge in [-0.25, -0.2) is 0 Å². The molecule has 6 heteroatoms. The first kappa shape index (κ1) is 11.5. The molecule has 0 aliphatic heterocycles. The first-order valence-corrected chi connectivity index (χ1v) is 4.77. The fourth-order valence-electron chi connectivity index (χ4n) is 1.03. The van der Waals surface area contributed by atoms with E-state index in [9.17, 15) is 18.3 Å². The lowest BCUT2D eigenvalue weighted by Crippen LogP contribution is -2.17. The van der Waals surface area contributed by atoms with E-state index >= 15 is 0 Å². The Kier molecular flexibility index (Phi) is 3.18. The lowest BCUT2D eigenvalue weighted by Gasteiger charge is -2.15. The maximum absolute atomic E-state index is 12.3. The van der Waals surface area contributed by atoms with Crippen molar-refractivity contribution in [3.05, 3.63) is 21.9 Å². The summed E-state index contributed by atoms with van der Waals surface area (Å²) in [4.78, 5) is 0. The maximum atomic E-state index is 12.3. The van der Waals surface area contributed by atoms with Crippen LogP contribution in [0.2, 0.25) is 0 Å². The fourth-order valence-corrected chi connectivity index (χ4v) is 1.91. The van der Waals surface area contributed by atoms with Crippen LogP contribution in [0, 0.1) is 0 Å². The van der Waals surface area contributed by atoms with Crippen LogP contribution < -0.4 is 0 Å². The molecule has 2 atom stereocenters. The molecule has 0 bridgehead atoms. The van der Waals surface area contributed by atoms with E-state index in [-0.39, 0.29) is 5.56 Å². The second-order valence-electron chi connectivity index (χ2n) is 2.92. The van der Waals surface area contributed by atoms with Crippen LogP contribution in [0.5, 0.6) is 0 Å². The molecular formula is C8H9F3O2S. The topological polar surface area (TPSA) is 40.5 Å². The SMILES string of the molecule is CC(O)C(O)c1cscc1C(F)(F)F. The third kappa shape index (κ3) is 2.26. The molecule has 0 saturated heterocycles. The summed E-state index contributed by atoms with van der Waals surface area (Å²) in [6.45, 7) is 1.24. The van der Waals surface area contributed by atoms with Crippen molar-refractivity contribution in [2.24, 2.45) is 0 Å². The van der Waals surface area contributed by atoms with Crippen LogP contribution in [0.15, 0.2) is 10.8 Å². The second-order valence-corrected chi connectivity index (χ2v) is 3.67. The zero-order chi connectivity index (χ0) is 10.9. The minimum Gasteiger partial charge on any atom is -0.390 e. The molecule has 0 spiro atoms. The molecule has 0 saturated carbocycles. The van der Waals surface area contributed by atoms with Gasteiger partial charge < -0.3 is 10.2 Å². The number of halogens is 3. The summed E-state index contributed by atoms with van der Waals surface area (Å²) in [5.41, 5.74) is -1.14. The molecule has 1 rings (SSSR count). The van der Waals surface area contributed by atoms with Gasteiger partial charge >= 0.3 is 6.18 Å². The van der Waals surface area contributed by atoms with Crippen LogP contribution >= 0.6 is 11.3 Å². The van der Waals surface area contributed by atoms with Gasteiger partial charge in [-0.2, -0.15) is 24.5 Å². The minimum absolute atomic E-state index is 0.266. The smallest absolute Gasteiger partial charge is 0.390 e. The van der Waals surface area contributed by atoms with Crippen LogP contribution in [0.1, 0.15) is 24.2 Å². The van der Waals surface area contributed by atoms with Crippen LogP contribution in [-0.4, -0.2) is 16.3 Å². The number of hydrogen-bond donors (Lipinski definition) is 2. The quantitative estimate of drug-likeness (QED) is 0.811. The Hall–Kier alpha value is -0.590. The highest BCUT2D eigenvalue weighted by atomic mass is 32.1. The molecule has 14 heavy (non-hydrogen) atoms. The Morgan fingerprint density at radius 2 is 1.86 bits per heavy atom. The van der Waals surface area contributed by atoms with E-state index in [1.807, 2.05) is 0 Å². The van der Waals surface area contributed by atoms with Crippen molar-refractivity contribution in [3.8, 4) is 0 Å². The van der Waals surface area contributed by atoms with Crippen molar-refractivity contribution >= 4 is 11.3 Å². The van der Waals surface area contributed by atoms with Gasteiger partial charge in [-0.15, -0.1) is 0 Å². The molecule has 0 aliphatic rings. The summed E-state index contributed by atoms with van der Waals surface area (Å²) in [6.07, 6.45) is -7.19. The van der Waals surface area contributed by atoms with E-state index in [0.29, 0.717) is 0 Å². The molecule has 1 heterocycles. The predicted octanol–water partition coefficient (Wildman–Crippen LogP) is 2.18. The van der Waals surface area contributed by atoms with Gasteiger partial charge in [0.2, 0.25) is 0 Å². The minimum atomic E-state index is -4.48. The van der Waals surface area contributed by atoms with E-state index in [1.54, 1.807) is 0 Å². The molecule has 1 aromatic rings. The standard InChI is InChI=1S/C8H9F3O2S/c1-4(12)7(13)5-2-14-3-6(5)8(9,10)11/h2-4,7,12-13H,1H3. The fraction of sp³-hybridized carbons (Fsp3) is 0.500. The second kappa shape index (κ2) is 3.88. The zero-order valence-electron chi connectivity index (χ0n) is 7.25. The number of alkyl halides is 3. The van der Waals surface area contributed by atoms with Crippen molar-refractivity contribution in [3.63, 3.8) is 0 Å². The average molecular weight is 226 g/mol. The van der Waals surface area contributed by atoms with Crippen LogP contribution in [0.3, 0.4) is 0 Å². The van der Waals surface area contributed by atoms with Crippen molar-refractivity contribution in [2.75, 3.05) is 0 Å². The van der Waals surface area contributed by atoms with Gasteiger partial charge in [0.15, 0.2) is 0 Å². The molecule has 80 valence electrons. The highest BCUT2D eigenvalue weighted by Crippen LogP contribution is 2.37. The van der Waals surface area contributed by atoms with Gasteiger partial charge in [0, 0.05) is 10.9 Å². The molecule has 2 nitrogen and oxygen atoms in total. The average Bonchev–Trinajstić information content (AvgIpc) is 2.48. The predicted molar refractivity (Wildman–Crippen MR) is 46.0 cm³/mol. The van der Waals surface area contributed by atoms with E-state index in [2.05, 4.69) is 0 Å². The molecule has 1 aromatic heterocycles. The van der Waals surface area contributed by atoms with Gasteiger partial charge in [-0.3, -0.25) is 0 Å². The van der Waals surface area contributed by atoms with Crippen molar-refractivity contribution in [1.82, 2.24) is 0 Å². The summed E-state index contributed by atoms with van der Waals surface area (Å²) in [7, 11) is 0. The highest BCUT2D eigenvalue weighted by molar-refractivity contribution is 7.08. The third-order valence-electron chi connectivity index (χ3n) is 1.77. The van der Waals surface area contributed by atoms with Crippen molar-refractivity contribution in [2.45, 2.75) is 25.3 Å². The molecule has 2 N–H and O–H groups in total. The van der Waals surface area contributed by atoms with Gasteiger partial charge in [-0.05, 0) is 12.3 Å². The molecular weight excluding hydrogens is 217 g/mol. The van der Waals surface area contributed by atoms with E-state index in [1.165, 1.54) is 12.3 Å². The number of rotatable bonds is 2. The monoisotopic (exact) mass is 226 g/mol. The van der Waals surface area contributed by atoms with Gasteiger partial charge in [0.05, 0.1) is 11.7 Å². The first-order chi connectivity index (χ1) is 6.34. The molecule has 0 aromatic carbocycles. The zero-order valence-corrected chi connectivity index (χ0v) is 8.06. The third-order valence-corrected chi connectivity index (χ3v) is 2.53. The number of aliphatic hydroxyl groups excluding tert-OH is 2. The largest absolute Gasteiger partial charge is 0.417 e. The Morgan fingerprint density at radius 1 is 1.29 bits per heavy atom. The Labute approximate surface area is 82.6 Å². The lowest BCUT2D eigenvalue weighted by atomic mass is 10.0. The first-order valence-electron chi connectivity index (χ1n) is 3.83. The summed E-state index contributed by atoms with van der Waals surface area (Å²) in [5.74, 6) is 0. The van der Waals surface area contributed by atoms with Crippen LogP contribution in [0.4, 0.5) is 13.2 Å². The van der Waals surface area contributed by atoms with Gasteiger partial charge in [-0.1, -0.05) is 0 Å². The summed E-state index contributed by atoms with van der Waals surface area (Å²) in [5, 5.41) is 20.4. The number of hydrogen-bond acceptors (Lipinski definition) is 3. The van der Waals surface area contributed by atoms with Crippen molar-refractivity contribution in [1.29, 1.82) is 0 Å². The number of thiophene rings is 1.